The summed E-state index contributed by atoms with van der Waals surface area (Å²) in [6.45, 7) is 0.364. The minimum Gasteiger partial charge on any atom is -0.385 e. The van der Waals surface area contributed by atoms with Crippen LogP contribution in [0.3, 0.4) is 0 Å². The molecule has 0 aliphatic heterocycles. The molecule has 11 heteroatoms. The SMILES string of the molecule is O=C(NC1CCC(CNc2ccc(F)c(C(F)(F)F)c2)CC1)c1cc(C(F)(F)F)ccc1Cl. The molecule has 0 saturated heterocycles. The first kappa shape index (κ1) is 25.1. The molecule has 0 radical (unpaired) electrons. The summed E-state index contributed by atoms with van der Waals surface area (Å²) < 4.78 is 90.6. The molecule has 3 rings (SSSR count). The summed E-state index contributed by atoms with van der Waals surface area (Å²) >= 11 is 5.90. The number of rotatable bonds is 5. The minimum absolute atomic E-state index is 0.0871. The predicted octanol–water partition coefficient (Wildman–Crippen LogP) is 6.92. The molecular formula is C22H20ClF7N2O. The zero-order valence-electron chi connectivity index (χ0n) is 17.1. The molecule has 1 aliphatic rings. The van der Waals surface area contributed by atoms with Gasteiger partial charge in [0.05, 0.1) is 21.7 Å². The van der Waals surface area contributed by atoms with Crippen LogP contribution in [0.2, 0.25) is 5.02 Å². The third-order valence-electron chi connectivity index (χ3n) is 5.59. The Morgan fingerprint density at radius 1 is 0.939 bits per heavy atom. The Labute approximate surface area is 190 Å². The largest absolute Gasteiger partial charge is 0.419 e. The van der Waals surface area contributed by atoms with Crippen molar-refractivity contribution in [2.24, 2.45) is 5.92 Å². The molecule has 2 N–H and O–H groups in total. The van der Waals surface area contributed by atoms with Gasteiger partial charge in [-0.2, -0.15) is 26.3 Å². The van der Waals surface area contributed by atoms with E-state index in [1.165, 1.54) is 6.07 Å². The van der Waals surface area contributed by atoms with E-state index in [0.29, 0.717) is 38.3 Å². The quantitative estimate of drug-likeness (QED) is 0.441. The van der Waals surface area contributed by atoms with Crippen molar-refractivity contribution < 1.29 is 35.5 Å². The van der Waals surface area contributed by atoms with Crippen molar-refractivity contribution >= 4 is 23.2 Å². The van der Waals surface area contributed by atoms with E-state index in [4.69, 9.17) is 11.6 Å². The number of hydrogen-bond donors (Lipinski definition) is 2. The van der Waals surface area contributed by atoms with Crippen LogP contribution < -0.4 is 10.6 Å². The van der Waals surface area contributed by atoms with E-state index in [2.05, 4.69) is 10.6 Å². The number of amides is 1. The van der Waals surface area contributed by atoms with Gasteiger partial charge in [0, 0.05) is 18.3 Å². The molecule has 1 aliphatic carbocycles. The fraction of sp³-hybridized carbons (Fsp3) is 0.409. The standard InChI is InChI=1S/C22H20ClF7N2O/c23-18-7-3-13(21(25,26)27)9-16(18)20(33)32-14-4-1-12(2-5-14)11-31-15-6-8-19(24)17(10-15)22(28,29)30/h3,6-10,12,14,31H,1-2,4-5,11H2,(H,32,33). The van der Waals surface area contributed by atoms with Gasteiger partial charge in [0.15, 0.2) is 0 Å². The van der Waals surface area contributed by atoms with E-state index < -0.39 is 35.2 Å². The Bertz CT molecular complexity index is 999. The molecule has 1 amide bonds. The Morgan fingerprint density at radius 3 is 2.21 bits per heavy atom. The monoisotopic (exact) mass is 496 g/mol. The number of hydrogen-bond acceptors (Lipinski definition) is 2. The zero-order valence-corrected chi connectivity index (χ0v) is 17.8. The molecule has 2 aromatic carbocycles. The van der Waals surface area contributed by atoms with Crippen molar-refractivity contribution in [2.45, 2.75) is 44.1 Å². The molecule has 0 unspecified atom stereocenters. The number of carbonyl (C=O) groups excluding carboxylic acids is 1. The van der Waals surface area contributed by atoms with E-state index >= 15 is 0 Å². The number of alkyl halides is 6. The summed E-state index contributed by atoms with van der Waals surface area (Å²) in [6.07, 6.45) is -7.02. The average Bonchev–Trinajstić information content (AvgIpc) is 2.72. The van der Waals surface area contributed by atoms with Crippen LogP contribution in [0.25, 0.3) is 0 Å². The lowest BCUT2D eigenvalue weighted by atomic mass is 9.85. The maximum absolute atomic E-state index is 13.4. The van der Waals surface area contributed by atoms with Gasteiger partial charge in [-0.05, 0) is 68.0 Å². The molecule has 33 heavy (non-hydrogen) atoms. The summed E-state index contributed by atoms with van der Waals surface area (Å²) in [6, 6.07) is 5.00. The molecule has 0 heterocycles. The Kier molecular flexibility index (Phi) is 7.45. The van der Waals surface area contributed by atoms with Crippen molar-refractivity contribution in [3.8, 4) is 0 Å². The topological polar surface area (TPSA) is 41.1 Å². The second-order valence-electron chi connectivity index (χ2n) is 7.96. The first-order valence-corrected chi connectivity index (χ1v) is 10.5. The molecule has 0 aromatic heterocycles. The summed E-state index contributed by atoms with van der Waals surface area (Å²) in [5.41, 5.74) is -2.42. The van der Waals surface area contributed by atoms with Gasteiger partial charge in [-0.15, -0.1) is 0 Å². The van der Waals surface area contributed by atoms with Crippen molar-refractivity contribution in [3.63, 3.8) is 0 Å². The van der Waals surface area contributed by atoms with Gasteiger partial charge in [0.25, 0.3) is 5.91 Å². The van der Waals surface area contributed by atoms with Crippen molar-refractivity contribution in [1.82, 2.24) is 5.32 Å². The molecule has 3 nitrogen and oxygen atoms in total. The van der Waals surface area contributed by atoms with Crippen LogP contribution in [0.15, 0.2) is 36.4 Å². The third kappa shape index (κ3) is 6.52. The number of halogens is 8. The van der Waals surface area contributed by atoms with Crippen LogP contribution in [0, 0.1) is 11.7 Å². The van der Waals surface area contributed by atoms with Crippen LogP contribution in [0.1, 0.15) is 47.2 Å². The highest BCUT2D eigenvalue weighted by Gasteiger charge is 2.34. The Balaban J connectivity index is 1.52. The maximum atomic E-state index is 13.4. The lowest BCUT2D eigenvalue weighted by Gasteiger charge is -2.29. The highest BCUT2D eigenvalue weighted by atomic mass is 35.5. The summed E-state index contributed by atoms with van der Waals surface area (Å²) in [4.78, 5) is 12.4. The smallest absolute Gasteiger partial charge is 0.385 e. The number of nitrogens with one attached hydrogen (secondary N) is 2. The Morgan fingerprint density at radius 2 is 1.61 bits per heavy atom. The summed E-state index contributed by atoms with van der Waals surface area (Å²) in [7, 11) is 0. The number of benzene rings is 2. The van der Waals surface area contributed by atoms with Gasteiger partial charge < -0.3 is 10.6 Å². The van der Waals surface area contributed by atoms with Gasteiger partial charge in [-0.1, -0.05) is 11.6 Å². The average molecular weight is 497 g/mol. The van der Waals surface area contributed by atoms with E-state index in [0.717, 1.165) is 24.3 Å². The van der Waals surface area contributed by atoms with E-state index in [1.807, 2.05) is 0 Å². The van der Waals surface area contributed by atoms with Gasteiger partial charge in [-0.3, -0.25) is 4.79 Å². The molecule has 0 spiro atoms. The fourth-order valence-corrected chi connectivity index (χ4v) is 3.97. The second-order valence-corrected chi connectivity index (χ2v) is 8.36. The summed E-state index contributed by atoms with van der Waals surface area (Å²) in [5.74, 6) is -1.93. The van der Waals surface area contributed by atoms with Gasteiger partial charge in [0.1, 0.15) is 5.82 Å². The normalized spacial score (nSPS) is 19.3. The van der Waals surface area contributed by atoms with Crippen LogP contribution >= 0.6 is 11.6 Å². The van der Waals surface area contributed by atoms with Crippen LogP contribution in [-0.4, -0.2) is 18.5 Å². The first-order chi connectivity index (χ1) is 15.3. The third-order valence-corrected chi connectivity index (χ3v) is 5.92. The second kappa shape index (κ2) is 9.79. The van der Waals surface area contributed by atoms with Gasteiger partial charge in [0.2, 0.25) is 0 Å². The molecule has 0 bridgehead atoms. The molecule has 0 atom stereocenters. The van der Waals surface area contributed by atoms with Crippen LogP contribution in [0.4, 0.5) is 36.4 Å². The van der Waals surface area contributed by atoms with Crippen LogP contribution in [-0.2, 0) is 12.4 Å². The van der Waals surface area contributed by atoms with Crippen molar-refractivity contribution in [1.29, 1.82) is 0 Å². The lowest BCUT2D eigenvalue weighted by molar-refractivity contribution is -0.140. The molecule has 1 saturated carbocycles. The number of anilines is 1. The van der Waals surface area contributed by atoms with Crippen molar-refractivity contribution in [3.05, 3.63) is 63.9 Å². The maximum Gasteiger partial charge on any atom is 0.419 e. The highest BCUT2D eigenvalue weighted by Crippen LogP contribution is 2.34. The summed E-state index contributed by atoms with van der Waals surface area (Å²) in [5, 5.41) is 5.50. The highest BCUT2D eigenvalue weighted by molar-refractivity contribution is 6.33. The van der Waals surface area contributed by atoms with E-state index in [1.54, 1.807) is 0 Å². The van der Waals surface area contributed by atoms with Gasteiger partial charge in [-0.25, -0.2) is 4.39 Å². The predicted molar refractivity (Wildman–Crippen MR) is 110 cm³/mol. The number of carbonyl (C=O) groups is 1. The molecule has 180 valence electrons. The Hall–Kier alpha value is -2.49. The van der Waals surface area contributed by atoms with E-state index in [9.17, 15) is 35.5 Å². The molecule has 1 fully saturated rings. The van der Waals surface area contributed by atoms with Crippen molar-refractivity contribution in [2.75, 3.05) is 11.9 Å². The lowest BCUT2D eigenvalue weighted by Crippen LogP contribution is -2.38. The van der Waals surface area contributed by atoms with E-state index in [-0.39, 0.29) is 28.2 Å². The van der Waals surface area contributed by atoms with Gasteiger partial charge >= 0.3 is 12.4 Å². The fourth-order valence-electron chi connectivity index (χ4n) is 3.76. The van der Waals surface area contributed by atoms with Crippen LogP contribution in [0.5, 0.6) is 0 Å². The molecular weight excluding hydrogens is 477 g/mol. The minimum atomic E-state index is -4.79. The zero-order chi connectivity index (χ0) is 24.4. The first-order valence-electron chi connectivity index (χ1n) is 10.1. The molecule has 2 aromatic rings.